The van der Waals surface area contributed by atoms with Gasteiger partial charge < -0.3 is 14.5 Å². The van der Waals surface area contributed by atoms with E-state index >= 15 is 0 Å². The Morgan fingerprint density at radius 3 is 2.50 bits per heavy atom. The lowest BCUT2D eigenvalue weighted by Gasteiger charge is -2.08. The largest absolute Gasteiger partial charge is 0.444 e. The van der Waals surface area contributed by atoms with E-state index in [9.17, 15) is 13.2 Å². The molecule has 0 unspecified atom stereocenters. The zero-order valence-corrected chi connectivity index (χ0v) is 15.3. The highest BCUT2D eigenvalue weighted by molar-refractivity contribution is 9.10. The van der Waals surface area contributed by atoms with Gasteiger partial charge in [-0.3, -0.25) is 4.79 Å². The molecule has 2 N–H and O–H groups in total. The molecule has 0 spiro atoms. The molecule has 0 radical (unpaired) electrons. The van der Waals surface area contributed by atoms with E-state index in [1.54, 1.807) is 24.3 Å². The monoisotopic (exact) mass is 416 g/mol. The van der Waals surface area contributed by atoms with Crippen molar-refractivity contribution in [1.29, 1.82) is 0 Å². The normalized spacial score (nSPS) is 11.4. The molecular formula is C15H17BrN2O5S. The fourth-order valence-electron chi connectivity index (χ4n) is 1.85. The Labute approximate surface area is 148 Å². The molecule has 0 bridgehead atoms. The predicted molar refractivity (Wildman–Crippen MR) is 91.1 cm³/mol. The number of furan rings is 1. The summed E-state index contributed by atoms with van der Waals surface area (Å²) in [7, 11) is -2.06. The molecule has 1 aromatic carbocycles. The summed E-state index contributed by atoms with van der Waals surface area (Å²) in [5, 5.41) is 2.69. The van der Waals surface area contributed by atoms with Gasteiger partial charge in [0.15, 0.2) is 10.4 Å². The number of carbonyl (C=O) groups excluding carboxylic acids is 1. The lowest BCUT2D eigenvalue weighted by atomic mass is 10.2. The van der Waals surface area contributed by atoms with Crippen LogP contribution in [0.3, 0.4) is 0 Å². The fourth-order valence-corrected chi connectivity index (χ4v) is 3.17. The second-order valence-corrected chi connectivity index (χ2v) is 7.37. The van der Waals surface area contributed by atoms with Crippen LogP contribution in [0, 0.1) is 0 Å². The van der Waals surface area contributed by atoms with Crippen LogP contribution in [-0.4, -0.2) is 34.6 Å². The van der Waals surface area contributed by atoms with Crippen molar-refractivity contribution < 1.29 is 22.4 Å². The molecule has 0 aliphatic heterocycles. The van der Waals surface area contributed by atoms with Crippen molar-refractivity contribution in [3.05, 3.63) is 52.4 Å². The molecule has 0 aliphatic carbocycles. The average Bonchev–Trinajstić information content (AvgIpc) is 3.00. The topological polar surface area (TPSA) is 97.6 Å². The van der Waals surface area contributed by atoms with Gasteiger partial charge in [0.05, 0.1) is 11.5 Å². The number of sulfonamides is 1. The number of amides is 1. The minimum Gasteiger partial charge on any atom is -0.444 e. The van der Waals surface area contributed by atoms with Gasteiger partial charge in [-0.25, -0.2) is 13.1 Å². The standard InChI is InChI=1S/C15H17BrN2O5S/c1-22-9-8-18-24(20,21)12-4-2-11(3-5-12)10-17-15(19)13-6-7-14(16)23-13/h2-7,18H,8-10H2,1H3,(H,17,19). The Hall–Kier alpha value is -1.68. The molecule has 1 amide bonds. The lowest BCUT2D eigenvalue weighted by Crippen LogP contribution is -2.27. The van der Waals surface area contributed by atoms with Crippen LogP contribution in [0.5, 0.6) is 0 Å². The molecule has 0 saturated heterocycles. The van der Waals surface area contributed by atoms with Gasteiger partial charge in [-0.1, -0.05) is 12.1 Å². The molecule has 1 heterocycles. The van der Waals surface area contributed by atoms with Crippen LogP contribution in [0.1, 0.15) is 16.1 Å². The second-order valence-electron chi connectivity index (χ2n) is 4.82. The summed E-state index contributed by atoms with van der Waals surface area (Å²) in [6.45, 7) is 0.760. The van der Waals surface area contributed by atoms with Crippen LogP contribution in [0.2, 0.25) is 0 Å². The Morgan fingerprint density at radius 1 is 1.21 bits per heavy atom. The van der Waals surface area contributed by atoms with E-state index < -0.39 is 10.0 Å². The van der Waals surface area contributed by atoms with Crippen molar-refractivity contribution in [2.75, 3.05) is 20.3 Å². The van der Waals surface area contributed by atoms with E-state index in [0.717, 1.165) is 5.56 Å². The molecule has 0 atom stereocenters. The third-order valence-electron chi connectivity index (χ3n) is 3.08. The summed E-state index contributed by atoms with van der Waals surface area (Å²) in [6, 6.07) is 9.44. The Bertz CT molecular complexity index is 786. The molecule has 9 heteroatoms. The second kappa shape index (κ2) is 8.43. The van der Waals surface area contributed by atoms with E-state index in [0.29, 0.717) is 11.3 Å². The number of hydrogen-bond donors (Lipinski definition) is 2. The van der Waals surface area contributed by atoms with Gasteiger partial charge >= 0.3 is 0 Å². The molecule has 0 fully saturated rings. The fraction of sp³-hybridized carbons (Fsp3) is 0.267. The zero-order chi connectivity index (χ0) is 17.6. The smallest absolute Gasteiger partial charge is 0.287 e. The third-order valence-corrected chi connectivity index (χ3v) is 4.99. The van der Waals surface area contributed by atoms with Gasteiger partial charge in [-0.2, -0.15) is 0 Å². The highest BCUT2D eigenvalue weighted by Gasteiger charge is 2.13. The number of halogens is 1. The molecule has 7 nitrogen and oxygen atoms in total. The van der Waals surface area contributed by atoms with E-state index in [-0.39, 0.29) is 29.7 Å². The summed E-state index contributed by atoms with van der Waals surface area (Å²) in [5.74, 6) is -0.151. The summed E-state index contributed by atoms with van der Waals surface area (Å²) >= 11 is 3.13. The van der Waals surface area contributed by atoms with Crippen molar-refractivity contribution in [2.45, 2.75) is 11.4 Å². The molecule has 0 aliphatic rings. The quantitative estimate of drug-likeness (QED) is 0.640. The number of ether oxygens (including phenoxy) is 1. The number of methoxy groups -OCH3 is 1. The number of benzene rings is 1. The summed E-state index contributed by atoms with van der Waals surface area (Å²) in [5.41, 5.74) is 0.768. The van der Waals surface area contributed by atoms with Crippen molar-refractivity contribution in [3.8, 4) is 0 Å². The van der Waals surface area contributed by atoms with Crippen LogP contribution >= 0.6 is 15.9 Å². The van der Waals surface area contributed by atoms with E-state index in [1.165, 1.54) is 19.2 Å². The van der Waals surface area contributed by atoms with E-state index in [2.05, 4.69) is 26.0 Å². The first-order valence-corrected chi connectivity index (χ1v) is 9.31. The first-order valence-electron chi connectivity index (χ1n) is 7.03. The van der Waals surface area contributed by atoms with Crippen molar-refractivity contribution >= 4 is 31.9 Å². The summed E-state index contributed by atoms with van der Waals surface area (Å²) < 4.78 is 36.9. The Morgan fingerprint density at radius 2 is 1.92 bits per heavy atom. The van der Waals surface area contributed by atoms with E-state index in [1.807, 2.05) is 0 Å². The van der Waals surface area contributed by atoms with Gasteiger partial charge in [-0.15, -0.1) is 0 Å². The Balaban J connectivity index is 1.93. The van der Waals surface area contributed by atoms with Gasteiger partial charge in [0.25, 0.3) is 5.91 Å². The maximum absolute atomic E-state index is 12.0. The van der Waals surface area contributed by atoms with Crippen LogP contribution in [0.25, 0.3) is 0 Å². The van der Waals surface area contributed by atoms with E-state index in [4.69, 9.17) is 9.15 Å². The zero-order valence-electron chi connectivity index (χ0n) is 12.9. The van der Waals surface area contributed by atoms with Gasteiger partial charge in [0, 0.05) is 20.2 Å². The van der Waals surface area contributed by atoms with Gasteiger partial charge in [-0.05, 0) is 45.8 Å². The van der Waals surface area contributed by atoms with Crippen LogP contribution < -0.4 is 10.0 Å². The van der Waals surface area contributed by atoms with Crippen molar-refractivity contribution in [1.82, 2.24) is 10.0 Å². The lowest BCUT2D eigenvalue weighted by molar-refractivity contribution is 0.0922. The maximum atomic E-state index is 12.0. The summed E-state index contributed by atoms with van der Waals surface area (Å²) in [4.78, 5) is 12.0. The molecule has 2 aromatic rings. The van der Waals surface area contributed by atoms with Crippen LogP contribution in [0.4, 0.5) is 0 Å². The predicted octanol–water partition coefficient (Wildman–Crippen LogP) is 1.90. The van der Waals surface area contributed by atoms with Crippen LogP contribution in [-0.2, 0) is 21.3 Å². The number of hydrogen-bond acceptors (Lipinski definition) is 5. The minimum absolute atomic E-state index is 0.156. The molecular weight excluding hydrogens is 400 g/mol. The molecule has 1 aromatic heterocycles. The van der Waals surface area contributed by atoms with Crippen molar-refractivity contribution in [3.63, 3.8) is 0 Å². The molecule has 130 valence electrons. The average molecular weight is 417 g/mol. The summed E-state index contributed by atoms with van der Waals surface area (Å²) in [6.07, 6.45) is 0. The maximum Gasteiger partial charge on any atom is 0.287 e. The van der Waals surface area contributed by atoms with Gasteiger partial charge in [0.2, 0.25) is 10.0 Å². The first kappa shape index (κ1) is 18.7. The van der Waals surface area contributed by atoms with Gasteiger partial charge in [0.1, 0.15) is 0 Å². The highest BCUT2D eigenvalue weighted by Crippen LogP contribution is 2.14. The molecule has 0 saturated carbocycles. The number of nitrogens with one attached hydrogen (secondary N) is 2. The molecule has 24 heavy (non-hydrogen) atoms. The highest BCUT2D eigenvalue weighted by atomic mass is 79.9. The molecule has 2 rings (SSSR count). The number of carbonyl (C=O) groups is 1. The third kappa shape index (κ3) is 5.17. The van der Waals surface area contributed by atoms with Crippen LogP contribution in [0.15, 0.2) is 50.4 Å². The number of rotatable bonds is 8. The first-order chi connectivity index (χ1) is 11.4. The minimum atomic E-state index is -3.56. The van der Waals surface area contributed by atoms with Crippen molar-refractivity contribution in [2.24, 2.45) is 0 Å². The SMILES string of the molecule is COCCNS(=O)(=O)c1ccc(CNC(=O)c2ccc(Br)o2)cc1. The Kier molecular flexibility index (Phi) is 6.55.